The summed E-state index contributed by atoms with van der Waals surface area (Å²) in [5, 5.41) is 0. The van der Waals surface area contributed by atoms with Crippen LogP contribution in [-0.2, 0) is 6.61 Å². The molecule has 0 radical (unpaired) electrons. The SMILES string of the molecule is Cc1ccc(OCc2cc(F)cc(Br)c2)cc1. The third-order valence-electron chi connectivity index (χ3n) is 2.35. The van der Waals surface area contributed by atoms with Crippen LogP contribution in [0.15, 0.2) is 46.9 Å². The summed E-state index contributed by atoms with van der Waals surface area (Å²) < 4.78 is 19.4. The zero-order valence-corrected chi connectivity index (χ0v) is 11.0. The third kappa shape index (κ3) is 3.56. The van der Waals surface area contributed by atoms with E-state index in [-0.39, 0.29) is 5.82 Å². The highest BCUT2D eigenvalue weighted by Gasteiger charge is 2.00. The lowest BCUT2D eigenvalue weighted by Gasteiger charge is -2.07. The molecule has 3 heteroatoms. The Hall–Kier alpha value is -1.35. The molecule has 2 aromatic carbocycles. The van der Waals surface area contributed by atoms with Crippen molar-refractivity contribution in [1.82, 2.24) is 0 Å². The Labute approximate surface area is 108 Å². The van der Waals surface area contributed by atoms with Crippen LogP contribution < -0.4 is 4.74 Å². The van der Waals surface area contributed by atoms with Crippen LogP contribution in [0.1, 0.15) is 11.1 Å². The van der Waals surface area contributed by atoms with Gasteiger partial charge in [0.2, 0.25) is 0 Å². The van der Waals surface area contributed by atoms with Crippen molar-refractivity contribution in [3.63, 3.8) is 0 Å². The summed E-state index contributed by atoms with van der Waals surface area (Å²) >= 11 is 3.25. The molecule has 0 aliphatic carbocycles. The average Bonchev–Trinajstić information content (AvgIpc) is 2.27. The minimum atomic E-state index is -0.262. The van der Waals surface area contributed by atoms with Crippen LogP contribution in [0, 0.1) is 12.7 Å². The Morgan fingerprint density at radius 3 is 2.47 bits per heavy atom. The van der Waals surface area contributed by atoms with E-state index in [2.05, 4.69) is 15.9 Å². The predicted octanol–water partition coefficient (Wildman–Crippen LogP) is 4.48. The molecule has 17 heavy (non-hydrogen) atoms. The third-order valence-corrected chi connectivity index (χ3v) is 2.81. The van der Waals surface area contributed by atoms with Crippen molar-refractivity contribution in [2.75, 3.05) is 0 Å². The number of benzene rings is 2. The van der Waals surface area contributed by atoms with E-state index in [0.717, 1.165) is 15.8 Å². The number of hydrogen-bond acceptors (Lipinski definition) is 1. The van der Waals surface area contributed by atoms with Crippen molar-refractivity contribution in [2.45, 2.75) is 13.5 Å². The van der Waals surface area contributed by atoms with Gasteiger partial charge in [0, 0.05) is 4.47 Å². The lowest BCUT2D eigenvalue weighted by Crippen LogP contribution is -1.96. The van der Waals surface area contributed by atoms with E-state index in [1.165, 1.54) is 17.7 Å². The summed E-state index contributed by atoms with van der Waals surface area (Å²) in [6.45, 7) is 2.38. The van der Waals surface area contributed by atoms with Crippen molar-refractivity contribution >= 4 is 15.9 Å². The standard InChI is InChI=1S/C14H12BrFO/c1-10-2-4-14(5-3-10)17-9-11-6-12(15)8-13(16)7-11/h2-8H,9H2,1H3. The van der Waals surface area contributed by atoms with Crippen molar-refractivity contribution in [3.05, 3.63) is 63.9 Å². The van der Waals surface area contributed by atoms with Gasteiger partial charge in [-0.1, -0.05) is 33.6 Å². The molecule has 2 rings (SSSR count). The smallest absolute Gasteiger partial charge is 0.124 e. The van der Waals surface area contributed by atoms with E-state index in [9.17, 15) is 4.39 Å². The molecule has 0 spiro atoms. The van der Waals surface area contributed by atoms with E-state index in [1.54, 1.807) is 0 Å². The Morgan fingerprint density at radius 2 is 1.82 bits per heavy atom. The van der Waals surface area contributed by atoms with E-state index < -0.39 is 0 Å². The van der Waals surface area contributed by atoms with Crippen LogP contribution in [0.5, 0.6) is 5.75 Å². The van der Waals surface area contributed by atoms with Gasteiger partial charge in [-0.2, -0.15) is 0 Å². The van der Waals surface area contributed by atoms with Crippen LogP contribution in [0.4, 0.5) is 4.39 Å². The molecule has 2 aromatic rings. The monoisotopic (exact) mass is 294 g/mol. The van der Waals surface area contributed by atoms with Crippen molar-refractivity contribution in [1.29, 1.82) is 0 Å². The highest BCUT2D eigenvalue weighted by molar-refractivity contribution is 9.10. The number of aryl methyl sites for hydroxylation is 1. The number of ether oxygens (including phenoxy) is 1. The molecule has 1 nitrogen and oxygen atoms in total. The minimum Gasteiger partial charge on any atom is -0.489 e. The van der Waals surface area contributed by atoms with E-state index in [0.29, 0.717) is 6.61 Å². The molecule has 0 heterocycles. The van der Waals surface area contributed by atoms with Crippen LogP contribution >= 0.6 is 15.9 Å². The summed E-state index contributed by atoms with van der Waals surface area (Å²) in [6, 6.07) is 12.5. The predicted molar refractivity (Wildman–Crippen MR) is 69.6 cm³/mol. The van der Waals surface area contributed by atoms with Gasteiger partial charge < -0.3 is 4.74 Å². The van der Waals surface area contributed by atoms with Gasteiger partial charge in [-0.15, -0.1) is 0 Å². The first-order valence-corrected chi connectivity index (χ1v) is 6.07. The normalized spacial score (nSPS) is 10.3. The first-order valence-electron chi connectivity index (χ1n) is 5.28. The van der Waals surface area contributed by atoms with Crippen molar-refractivity contribution < 1.29 is 9.13 Å². The lowest BCUT2D eigenvalue weighted by molar-refractivity contribution is 0.305. The van der Waals surface area contributed by atoms with E-state index in [4.69, 9.17) is 4.74 Å². The van der Waals surface area contributed by atoms with Crippen LogP contribution in [0.25, 0.3) is 0 Å². The van der Waals surface area contributed by atoms with Gasteiger partial charge in [0.25, 0.3) is 0 Å². The lowest BCUT2D eigenvalue weighted by atomic mass is 10.2. The zero-order valence-electron chi connectivity index (χ0n) is 9.41. The number of halogens is 2. The first kappa shape index (κ1) is 12.1. The van der Waals surface area contributed by atoms with Gasteiger partial charge >= 0.3 is 0 Å². The summed E-state index contributed by atoms with van der Waals surface area (Å²) in [6.07, 6.45) is 0. The Balaban J connectivity index is 2.04. The molecule has 88 valence electrons. The fourth-order valence-electron chi connectivity index (χ4n) is 1.50. The van der Waals surface area contributed by atoms with Gasteiger partial charge in [0.1, 0.15) is 18.2 Å². The second-order valence-corrected chi connectivity index (χ2v) is 4.80. The van der Waals surface area contributed by atoms with Crippen molar-refractivity contribution in [3.8, 4) is 5.75 Å². The van der Waals surface area contributed by atoms with Crippen LogP contribution in [-0.4, -0.2) is 0 Å². The van der Waals surface area contributed by atoms with Crippen LogP contribution in [0.2, 0.25) is 0 Å². The minimum absolute atomic E-state index is 0.262. The summed E-state index contributed by atoms with van der Waals surface area (Å²) in [5.41, 5.74) is 1.99. The zero-order chi connectivity index (χ0) is 12.3. The molecular weight excluding hydrogens is 283 g/mol. The molecule has 0 amide bonds. The topological polar surface area (TPSA) is 9.23 Å². The maximum Gasteiger partial charge on any atom is 0.124 e. The quantitative estimate of drug-likeness (QED) is 0.811. The molecule has 0 aliphatic heterocycles. The molecule has 0 N–H and O–H groups in total. The van der Waals surface area contributed by atoms with Crippen LogP contribution in [0.3, 0.4) is 0 Å². The molecule has 0 atom stereocenters. The summed E-state index contributed by atoms with van der Waals surface area (Å²) in [4.78, 5) is 0. The first-order chi connectivity index (χ1) is 8.13. The van der Waals surface area contributed by atoms with Gasteiger partial charge in [0.05, 0.1) is 0 Å². The molecule has 0 bridgehead atoms. The molecule has 0 aliphatic rings. The molecule has 0 fully saturated rings. The maximum atomic E-state index is 13.1. The Kier molecular flexibility index (Phi) is 3.79. The molecule has 0 unspecified atom stereocenters. The second-order valence-electron chi connectivity index (χ2n) is 3.88. The Bertz CT molecular complexity index is 488. The highest BCUT2D eigenvalue weighted by atomic mass is 79.9. The molecule has 0 saturated heterocycles. The Morgan fingerprint density at radius 1 is 1.12 bits per heavy atom. The summed E-state index contributed by atoms with van der Waals surface area (Å²) in [7, 11) is 0. The number of hydrogen-bond donors (Lipinski definition) is 0. The van der Waals surface area contributed by atoms with Gasteiger partial charge in [0.15, 0.2) is 0 Å². The van der Waals surface area contributed by atoms with Gasteiger partial charge in [-0.3, -0.25) is 0 Å². The van der Waals surface area contributed by atoms with E-state index in [1.807, 2.05) is 37.3 Å². The van der Waals surface area contributed by atoms with Gasteiger partial charge in [-0.25, -0.2) is 4.39 Å². The fraction of sp³-hybridized carbons (Fsp3) is 0.143. The largest absolute Gasteiger partial charge is 0.489 e. The molecule has 0 saturated carbocycles. The number of rotatable bonds is 3. The second kappa shape index (κ2) is 5.32. The molecular formula is C14H12BrFO. The fourth-order valence-corrected chi connectivity index (χ4v) is 2.01. The molecule has 0 aromatic heterocycles. The summed E-state index contributed by atoms with van der Waals surface area (Å²) in [5.74, 6) is 0.526. The van der Waals surface area contributed by atoms with Crippen molar-refractivity contribution in [2.24, 2.45) is 0 Å². The van der Waals surface area contributed by atoms with Gasteiger partial charge in [-0.05, 0) is 42.8 Å². The highest BCUT2D eigenvalue weighted by Crippen LogP contribution is 2.18. The van der Waals surface area contributed by atoms with E-state index >= 15 is 0 Å². The average molecular weight is 295 g/mol. The maximum absolute atomic E-state index is 13.1.